The lowest BCUT2D eigenvalue weighted by molar-refractivity contribution is -0.161. The minimum absolute atomic E-state index is 0.00112. The van der Waals surface area contributed by atoms with Crippen LogP contribution in [0.1, 0.15) is 310 Å². The quantitative estimate of drug-likeness (QED) is 0.0169. The molecule has 106 heavy (non-hydrogen) atoms. The van der Waals surface area contributed by atoms with Crippen LogP contribution in [-0.2, 0) is 65.4 Å². The first-order chi connectivity index (χ1) is 51.7. The van der Waals surface area contributed by atoms with E-state index in [1.54, 1.807) is 0 Å². The topological polar surface area (TPSA) is 237 Å². The lowest BCUT2D eigenvalue weighted by atomic mass is 10.1. The molecule has 604 valence electrons. The van der Waals surface area contributed by atoms with Gasteiger partial charge in [-0.1, -0.05) is 276 Å². The molecule has 2 unspecified atom stereocenters. The van der Waals surface area contributed by atoms with Crippen LogP contribution in [0, 0.1) is 0 Å². The Bertz CT molecular complexity index is 2630. The van der Waals surface area contributed by atoms with Gasteiger partial charge in [-0.2, -0.15) is 0 Å². The van der Waals surface area contributed by atoms with Crippen LogP contribution in [-0.4, -0.2) is 96.7 Å². The lowest BCUT2D eigenvalue weighted by Gasteiger charge is -2.21. The molecule has 0 spiro atoms. The molecule has 0 bridgehead atoms. The minimum Gasteiger partial charge on any atom is -0.462 e. The second-order valence-electron chi connectivity index (χ2n) is 26.6. The third-order valence-electron chi connectivity index (χ3n) is 16.4. The first-order valence-electron chi connectivity index (χ1n) is 40.7. The maximum atomic E-state index is 13.1. The molecule has 0 radical (unpaired) electrons. The van der Waals surface area contributed by atoms with Gasteiger partial charge in [0.25, 0.3) is 0 Å². The zero-order valence-electron chi connectivity index (χ0n) is 66.1. The fraction of sp³-hybridized carbons (Fsp3) is 0.655. The minimum atomic E-state index is -5.02. The Morgan fingerprint density at radius 1 is 0.264 bits per heavy atom. The van der Waals surface area contributed by atoms with Crippen LogP contribution < -0.4 is 0 Å². The molecule has 19 heteroatoms. The van der Waals surface area contributed by atoms with Crippen LogP contribution in [0.5, 0.6) is 0 Å². The predicted octanol–water partition coefficient (Wildman–Crippen LogP) is 24.0. The number of carbonyl (C=O) groups excluding carboxylic acids is 4. The molecule has 0 aromatic heterocycles. The van der Waals surface area contributed by atoms with E-state index in [0.29, 0.717) is 44.9 Å². The number of hydrogen-bond donors (Lipinski definition) is 3. The molecule has 0 aliphatic rings. The second kappa shape index (κ2) is 77.8. The summed E-state index contributed by atoms with van der Waals surface area (Å²) >= 11 is 0. The zero-order valence-corrected chi connectivity index (χ0v) is 67.8. The summed E-state index contributed by atoms with van der Waals surface area (Å²) in [5.74, 6) is -2.39. The van der Waals surface area contributed by atoms with Gasteiger partial charge in [-0.25, -0.2) is 9.13 Å². The average molecular weight is 1520 g/mol. The van der Waals surface area contributed by atoms with Gasteiger partial charge in [0.1, 0.15) is 19.3 Å². The number of phosphoric ester groups is 2. The number of aliphatic hydroxyl groups excluding tert-OH is 1. The largest absolute Gasteiger partial charge is 0.472 e. The van der Waals surface area contributed by atoms with Crippen LogP contribution >= 0.6 is 15.6 Å². The van der Waals surface area contributed by atoms with Gasteiger partial charge >= 0.3 is 39.5 Å². The number of esters is 4. The number of carbonyl (C=O) groups is 4. The standard InChI is InChI=1S/C87H144O17P2/c1-5-9-13-17-21-25-29-33-37-40-44-47-51-55-59-63-67-71-84(89)97-77-82(103-86(91)73-69-65-61-57-53-49-43-36-32-28-24-20-16-12-8-4)79-101-105(93,94)99-75-81(88)76-100-106(95,96)102-80-83(104-87(92)74-70-66-62-58-54-50-46-42-39-35-31-27-23-19-15-11-7-3)78-98-85(90)72-68-64-60-56-52-48-45-41-38-34-30-26-22-18-14-10-6-2/h21-23,25-27,33-39,43-48,50,55-56,58-60,62,81-83,88H,5-20,24,28-32,40-42,49,51-54,57,61,63-80H2,1-4H3,(H,93,94)(H,95,96)/b25-21-,26-22-,27-23-,37-33-,38-34-,39-35-,43-36-,47-44-,48-45-,50-46-,59-55-,60-56-,62-58-/t81-,82+,83+/m0/s1. The Hall–Kier alpha value is -5.32. The molecule has 0 fully saturated rings. The molecule has 0 amide bonds. The van der Waals surface area contributed by atoms with E-state index in [1.165, 1.54) is 96.3 Å². The molecule has 5 atom stereocenters. The van der Waals surface area contributed by atoms with Crippen molar-refractivity contribution in [1.29, 1.82) is 0 Å². The summed E-state index contributed by atoms with van der Waals surface area (Å²) < 4.78 is 68.5. The molecule has 0 aromatic carbocycles. The van der Waals surface area contributed by atoms with E-state index < -0.39 is 97.5 Å². The number of unbranched alkanes of at least 4 members (excludes halogenated alkanes) is 23. The maximum Gasteiger partial charge on any atom is 0.472 e. The Morgan fingerprint density at radius 3 is 0.774 bits per heavy atom. The Balaban J connectivity index is 5.53. The normalized spacial score (nSPS) is 14.7. The van der Waals surface area contributed by atoms with Crippen LogP contribution in [0.25, 0.3) is 0 Å². The monoisotopic (exact) mass is 1520 g/mol. The van der Waals surface area contributed by atoms with Crippen molar-refractivity contribution in [1.82, 2.24) is 0 Å². The maximum absolute atomic E-state index is 13.1. The molecule has 0 saturated carbocycles. The van der Waals surface area contributed by atoms with E-state index in [9.17, 15) is 43.2 Å². The Morgan fingerprint density at radius 2 is 0.472 bits per heavy atom. The number of ether oxygens (including phenoxy) is 4. The molecule has 0 rings (SSSR count). The van der Waals surface area contributed by atoms with Crippen molar-refractivity contribution < 1.29 is 80.2 Å². The summed E-state index contributed by atoms with van der Waals surface area (Å²) in [6.07, 6.45) is 91.0. The van der Waals surface area contributed by atoms with Crippen LogP contribution in [0.15, 0.2) is 158 Å². The fourth-order valence-corrected chi connectivity index (χ4v) is 11.8. The molecule has 0 aliphatic carbocycles. The van der Waals surface area contributed by atoms with Gasteiger partial charge in [0.2, 0.25) is 0 Å². The van der Waals surface area contributed by atoms with Gasteiger partial charge in [0.05, 0.1) is 26.4 Å². The van der Waals surface area contributed by atoms with Crippen LogP contribution in [0.4, 0.5) is 0 Å². The lowest BCUT2D eigenvalue weighted by Crippen LogP contribution is -2.30. The van der Waals surface area contributed by atoms with Crippen molar-refractivity contribution >= 4 is 39.5 Å². The van der Waals surface area contributed by atoms with Crippen molar-refractivity contribution in [3.05, 3.63) is 158 Å². The molecule has 0 aromatic rings. The van der Waals surface area contributed by atoms with E-state index in [1.807, 2.05) is 36.5 Å². The third-order valence-corrected chi connectivity index (χ3v) is 18.3. The van der Waals surface area contributed by atoms with E-state index in [-0.39, 0.29) is 25.7 Å². The third kappa shape index (κ3) is 76.9. The number of rotatable bonds is 75. The number of allylic oxidation sites excluding steroid dienone is 26. The van der Waals surface area contributed by atoms with Gasteiger partial charge in [-0.05, 0) is 167 Å². The Labute approximate surface area is 642 Å². The first-order valence-corrected chi connectivity index (χ1v) is 43.7. The summed E-state index contributed by atoms with van der Waals surface area (Å²) in [6, 6.07) is 0. The van der Waals surface area contributed by atoms with Gasteiger partial charge < -0.3 is 33.8 Å². The molecule has 17 nitrogen and oxygen atoms in total. The summed E-state index contributed by atoms with van der Waals surface area (Å²) in [7, 11) is -10.0. The van der Waals surface area contributed by atoms with Crippen molar-refractivity contribution in [2.24, 2.45) is 0 Å². The van der Waals surface area contributed by atoms with Crippen LogP contribution in [0.3, 0.4) is 0 Å². The highest BCUT2D eigenvalue weighted by Crippen LogP contribution is 2.45. The highest BCUT2D eigenvalue weighted by Gasteiger charge is 2.30. The van der Waals surface area contributed by atoms with Crippen molar-refractivity contribution in [3.63, 3.8) is 0 Å². The highest BCUT2D eigenvalue weighted by atomic mass is 31.2. The smallest absolute Gasteiger partial charge is 0.462 e. The van der Waals surface area contributed by atoms with Crippen LogP contribution in [0.2, 0.25) is 0 Å². The molecular weight excluding hydrogens is 1380 g/mol. The molecule has 0 saturated heterocycles. The molecular formula is C87H144O17P2. The highest BCUT2D eigenvalue weighted by molar-refractivity contribution is 7.47. The first kappa shape index (κ1) is 101. The van der Waals surface area contributed by atoms with Gasteiger partial charge in [0, 0.05) is 25.7 Å². The second-order valence-corrected chi connectivity index (χ2v) is 29.5. The molecule has 3 N–H and O–H groups in total. The number of phosphoric acid groups is 2. The number of hydrogen-bond acceptors (Lipinski definition) is 15. The van der Waals surface area contributed by atoms with Crippen molar-refractivity contribution in [2.75, 3.05) is 39.6 Å². The van der Waals surface area contributed by atoms with E-state index >= 15 is 0 Å². The summed E-state index contributed by atoms with van der Waals surface area (Å²) in [5.41, 5.74) is 0. The fourth-order valence-electron chi connectivity index (χ4n) is 10.2. The molecule has 0 aliphatic heterocycles. The van der Waals surface area contributed by atoms with Crippen molar-refractivity contribution in [3.8, 4) is 0 Å². The zero-order chi connectivity index (χ0) is 77.4. The molecule has 0 heterocycles. The summed E-state index contributed by atoms with van der Waals surface area (Å²) in [6.45, 7) is 4.59. The van der Waals surface area contributed by atoms with Crippen molar-refractivity contribution in [2.45, 2.75) is 329 Å². The Kier molecular flexibility index (Phi) is 73.9. The average Bonchev–Trinajstić information content (AvgIpc) is 0.902. The van der Waals surface area contributed by atoms with E-state index in [2.05, 4.69) is 149 Å². The van der Waals surface area contributed by atoms with Gasteiger partial charge in [-0.3, -0.25) is 37.3 Å². The van der Waals surface area contributed by atoms with E-state index in [4.69, 9.17) is 37.0 Å². The summed E-state index contributed by atoms with van der Waals surface area (Å²) in [4.78, 5) is 73.0. The predicted molar refractivity (Wildman–Crippen MR) is 436 cm³/mol. The summed E-state index contributed by atoms with van der Waals surface area (Å²) in [5, 5.41) is 10.6. The van der Waals surface area contributed by atoms with E-state index in [0.717, 1.165) is 116 Å². The number of aliphatic hydroxyl groups is 1. The van der Waals surface area contributed by atoms with Gasteiger partial charge in [0.15, 0.2) is 12.2 Å². The van der Waals surface area contributed by atoms with Gasteiger partial charge in [-0.15, -0.1) is 0 Å². The SMILES string of the molecule is CCCCC/C=C\C/C=C\C/C=C\C/C=C\CCCC(=O)OC[C@H](COP(=O)(O)OC[C@@H](O)COP(=O)(O)OC[C@@H](COC(=O)CCC/C=C\C/C=C\C/C=C\C/C=C\CCCCC)OC(=O)CCCCCCC/C=C\CCCCCCCC)OC(=O)CCC/C=C\C/C=C\C/C=C\C/C=C\CCCCC.